The fourth-order valence-electron chi connectivity index (χ4n) is 9.90. The predicted octanol–water partition coefficient (Wildman–Crippen LogP) is 7.69. The van der Waals surface area contributed by atoms with E-state index >= 15 is 0 Å². The standard InChI is InChI=1S/C47H54N2O8/c1-54-41-22-31(20-29(44(41)53)6-5-17-50)45-42(55-26-49-32-7-3-2-4-8-32)24-39-38-21-30(19-27-9-14-40-28(18-27)15-16-48-40)37-23-33(52)10-12-35(37)43(38)47-36(46(39)57-45)13-11-34(25-51)56-47/h9-10,12,14-16,18,20,22-23,30,32,34,42,45,48-53H,2-8,11,13,17,19,21,24-26H2,1H3/t30-,34+,42+,45+/m0/s1. The molecule has 0 amide bonds. The van der Waals surface area contributed by atoms with Gasteiger partial charge in [-0.1, -0.05) is 31.4 Å². The van der Waals surface area contributed by atoms with Gasteiger partial charge in [0.1, 0.15) is 29.5 Å². The lowest BCUT2D eigenvalue weighted by atomic mass is 9.72. The Balaban J connectivity index is 1.17. The SMILES string of the molecule is COc1cc([C@H]2Oc3c(c4c(c5c3CC[C@H](CO)O5)-c3ccc(O)cc3[C@@H](Cc3ccc5[nH]ccc5c3)C4)C[C@H]2OCNC2CCCCC2)cc(CCCO)c1O. The molecule has 6 N–H and O–H groups in total. The molecule has 3 heterocycles. The van der Waals surface area contributed by atoms with Crippen LogP contribution in [-0.4, -0.2) is 70.7 Å². The van der Waals surface area contributed by atoms with Crippen LogP contribution in [0, 0.1) is 0 Å². The van der Waals surface area contributed by atoms with Crippen LogP contribution in [0.15, 0.2) is 60.8 Å². The van der Waals surface area contributed by atoms with E-state index in [0.29, 0.717) is 62.6 Å². The van der Waals surface area contributed by atoms with Gasteiger partial charge in [-0.25, -0.2) is 0 Å². The average Bonchev–Trinajstić information content (AvgIpc) is 3.71. The number of nitrogens with one attached hydrogen (secondary N) is 2. The molecule has 300 valence electrons. The molecule has 57 heavy (non-hydrogen) atoms. The fourth-order valence-corrected chi connectivity index (χ4v) is 9.90. The summed E-state index contributed by atoms with van der Waals surface area (Å²) in [6.07, 6.45) is 11.1. The maximum absolute atomic E-state index is 11.1. The number of hydrogen-bond donors (Lipinski definition) is 6. The Bertz CT molecular complexity index is 2240. The second kappa shape index (κ2) is 16.3. The Labute approximate surface area is 333 Å². The van der Waals surface area contributed by atoms with Crippen LogP contribution < -0.4 is 19.5 Å². The minimum absolute atomic E-state index is 0.00834. The van der Waals surface area contributed by atoms with Crippen molar-refractivity contribution in [1.29, 1.82) is 0 Å². The first kappa shape index (κ1) is 37.8. The first-order valence-electron chi connectivity index (χ1n) is 20.8. The van der Waals surface area contributed by atoms with Crippen LogP contribution in [0.5, 0.6) is 28.7 Å². The monoisotopic (exact) mass is 774 g/mol. The summed E-state index contributed by atoms with van der Waals surface area (Å²) in [7, 11) is 1.55. The summed E-state index contributed by atoms with van der Waals surface area (Å²) in [5, 5.41) is 46.9. The van der Waals surface area contributed by atoms with Crippen LogP contribution in [0.3, 0.4) is 0 Å². The molecule has 0 saturated heterocycles. The Morgan fingerprint density at radius 1 is 0.877 bits per heavy atom. The molecule has 10 nitrogen and oxygen atoms in total. The fraction of sp³-hybridized carbons (Fsp3) is 0.447. The number of aromatic amines is 1. The molecule has 0 spiro atoms. The number of phenols is 2. The highest BCUT2D eigenvalue weighted by molar-refractivity contribution is 5.85. The van der Waals surface area contributed by atoms with Crippen LogP contribution in [0.2, 0.25) is 0 Å². The van der Waals surface area contributed by atoms with Crippen LogP contribution in [0.25, 0.3) is 22.0 Å². The third kappa shape index (κ3) is 7.33. The molecule has 9 rings (SSSR count). The number of phenolic OH excluding ortho intramolecular Hbond substituents is 2. The summed E-state index contributed by atoms with van der Waals surface area (Å²) in [6, 6.07) is 18.6. The molecule has 2 aliphatic carbocycles. The van der Waals surface area contributed by atoms with Crippen LogP contribution in [-0.2, 0) is 36.8 Å². The van der Waals surface area contributed by atoms with Crippen molar-refractivity contribution in [2.45, 2.75) is 107 Å². The summed E-state index contributed by atoms with van der Waals surface area (Å²) >= 11 is 0. The number of hydrogen-bond acceptors (Lipinski definition) is 9. The normalized spacial score (nSPS) is 21.5. The first-order chi connectivity index (χ1) is 27.9. The van der Waals surface area contributed by atoms with Crippen LogP contribution in [0.1, 0.15) is 95.9 Å². The van der Waals surface area contributed by atoms with E-state index in [-0.39, 0.29) is 42.8 Å². The largest absolute Gasteiger partial charge is 0.508 e. The number of methoxy groups -OCH3 is 1. The second-order valence-electron chi connectivity index (χ2n) is 16.4. The van der Waals surface area contributed by atoms with Gasteiger partial charge < -0.3 is 44.4 Å². The number of rotatable bonds is 12. The van der Waals surface area contributed by atoms with Gasteiger partial charge in [0.05, 0.1) is 20.4 Å². The summed E-state index contributed by atoms with van der Waals surface area (Å²) in [5.41, 5.74) is 10.2. The number of aromatic nitrogens is 1. The van der Waals surface area contributed by atoms with Gasteiger partial charge in [-0.2, -0.15) is 0 Å². The van der Waals surface area contributed by atoms with E-state index in [1.165, 1.54) is 30.2 Å². The molecular formula is C47H54N2O8. The minimum atomic E-state index is -0.526. The van der Waals surface area contributed by atoms with Crippen molar-refractivity contribution < 1.29 is 39.4 Å². The third-order valence-corrected chi connectivity index (χ3v) is 12.8. The van der Waals surface area contributed by atoms with E-state index < -0.39 is 6.10 Å². The topological polar surface area (TPSA) is 146 Å². The molecule has 4 aromatic carbocycles. The quantitative estimate of drug-likeness (QED) is 0.0703. The lowest BCUT2D eigenvalue weighted by Gasteiger charge is -2.41. The zero-order chi connectivity index (χ0) is 39.0. The van der Waals surface area contributed by atoms with E-state index in [9.17, 15) is 20.4 Å². The van der Waals surface area contributed by atoms with Crippen molar-refractivity contribution in [2.75, 3.05) is 27.1 Å². The Morgan fingerprint density at radius 2 is 1.75 bits per heavy atom. The van der Waals surface area contributed by atoms with Gasteiger partial charge in [0.25, 0.3) is 0 Å². The van der Waals surface area contributed by atoms with E-state index in [1.54, 1.807) is 13.2 Å². The lowest BCUT2D eigenvalue weighted by Crippen LogP contribution is -2.40. The highest BCUT2D eigenvalue weighted by Crippen LogP contribution is 2.56. The Hall–Kier alpha value is -4.74. The van der Waals surface area contributed by atoms with E-state index in [2.05, 4.69) is 34.6 Å². The summed E-state index contributed by atoms with van der Waals surface area (Å²) < 4.78 is 26.6. The molecule has 0 unspecified atom stereocenters. The van der Waals surface area contributed by atoms with Gasteiger partial charge in [0.15, 0.2) is 17.6 Å². The molecule has 10 heteroatoms. The molecule has 4 atom stereocenters. The Morgan fingerprint density at radius 3 is 2.58 bits per heavy atom. The van der Waals surface area contributed by atoms with Gasteiger partial charge >= 0.3 is 0 Å². The highest BCUT2D eigenvalue weighted by atomic mass is 16.6. The number of aliphatic hydroxyl groups is 2. The van der Waals surface area contributed by atoms with E-state index in [4.69, 9.17) is 18.9 Å². The Kier molecular flexibility index (Phi) is 10.8. The maximum atomic E-state index is 11.1. The number of aliphatic hydroxyl groups excluding tert-OH is 2. The molecule has 1 fully saturated rings. The molecule has 5 aromatic rings. The van der Waals surface area contributed by atoms with Crippen LogP contribution in [0.4, 0.5) is 0 Å². The zero-order valence-corrected chi connectivity index (χ0v) is 32.7. The van der Waals surface area contributed by atoms with Gasteiger partial charge in [-0.3, -0.25) is 5.32 Å². The number of benzene rings is 4. The number of fused-ring (bicyclic) bond motifs is 9. The summed E-state index contributed by atoms with van der Waals surface area (Å²) in [6.45, 7) is 0.307. The lowest BCUT2D eigenvalue weighted by molar-refractivity contribution is -0.0486. The van der Waals surface area contributed by atoms with E-state index in [1.807, 2.05) is 30.5 Å². The molecule has 1 aromatic heterocycles. The molecule has 1 saturated carbocycles. The summed E-state index contributed by atoms with van der Waals surface area (Å²) in [4.78, 5) is 3.31. The van der Waals surface area contributed by atoms with Gasteiger partial charge in [0.2, 0.25) is 0 Å². The number of aryl methyl sites for hydroxylation is 1. The van der Waals surface area contributed by atoms with Gasteiger partial charge in [-0.15, -0.1) is 0 Å². The molecule has 2 aliphatic heterocycles. The van der Waals surface area contributed by atoms with Crippen molar-refractivity contribution >= 4 is 10.9 Å². The van der Waals surface area contributed by atoms with Crippen molar-refractivity contribution in [3.8, 4) is 39.9 Å². The molecular weight excluding hydrogens is 721 g/mol. The third-order valence-electron chi connectivity index (χ3n) is 12.8. The highest BCUT2D eigenvalue weighted by Gasteiger charge is 2.42. The predicted molar refractivity (Wildman–Crippen MR) is 219 cm³/mol. The van der Waals surface area contributed by atoms with Crippen LogP contribution >= 0.6 is 0 Å². The van der Waals surface area contributed by atoms with Gasteiger partial charge in [-0.05, 0) is 139 Å². The van der Waals surface area contributed by atoms with Crippen molar-refractivity contribution in [2.24, 2.45) is 0 Å². The van der Waals surface area contributed by atoms with E-state index in [0.717, 1.165) is 75.2 Å². The average molecular weight is 775 g/mol. The minimum Gasteiger partial charge on any atom is -0.508 e. The molecule has 0 bridgehead atoms. The van der Waals surface area contributed by atoms with Crippen molar-refractivity contribution in [3.63, 3.8) is 0 Å². The zero-order valence-electron chi connectivity index (χ0n) is 32.7. The maximum Gasteiger partial charge on any atom is 0.161 e. The first-order valence-corrected chi connectivity index (χ1v) is 20.8. The number of H-pyrrole nitrogens is 1. The number of aromatic hydroxyl groups is 2. The molecule has 4 aliphatic rings. The van der Waals surface area contributed by atoms with Gasteiger partial charge in [0, 0.05) is 47.5 Å². The second-order valence-corrected chi connectivity index (χ2v) is 16.4. The van der Waals surface area contributed by atoms with Crippen molar-refractivity contribution in [1.82, 2.24) is 10.3 Å². The molecule has 0 radical (unpaired) electrons. The number of ether oxygens (including phenoxy) is 4. The summed E-state index contributed by atoms with van der Waals surface area (Å²) in [5.74, 6) is 2.29. The smallest absolute Gasteiger partial charge is 0.161 e. The van der Waals surface area contributed by atoms with Crippen molar-refractivity contribution in [3.05, 3.63) is 99.7 Å².